The van der Waals surface area contributed by atoms with Crippen LogP contribution < -0.4 is 10.6 Å². The third-order valence-electron chi connectivity index (χ3n) is 4.05. The van der Waals surface area contributed by atoms with Crippen LogP contribution in [0.2, 0.25) is 0 Å². The van der Waals surface area contributed by atoms with Gasteiger partial charge in [0.1, 0.15) is 10.8 Å². The van der Waals surface area contributed by atoms with E-state index < -0.39 is 0 Å². The maximum atomic E-state index is 12.1. The number of amides is 1. The topological polar surface area (TPSA) is 83.0 Å². The first-order valence-corrected chi connectivity index (χ1v) is 8.94. The van der Waals surface area contributed by atoms with Crippen LogP contribution in [0.15, 0.2) is 18.2 Å². The molecule has 1 fully saturated rings. The van der Waals surface area contributed by atoms with E-state index in [4.69, 9.17) is 4.98 Å². The summed E-state index contributed by atoms with van der Waals surface area (Å²) >= 11 is 1.50. The zero-order valence-corrected chi connectivity index (χ0v) is 14.8. The van der Waals surface area contributed by atoms with Crippen molar-refractivity contribution in [1.82, 2.24) is 25.4 Å². The number of anilines is 2. The summed E-state index contributed by atoms with van der Waals surface area (Å²) < 4.78 is 0. The molecule has 7 nitrogen and oxygen atoms in total. The molecule has 1 atom stereocenters. The summed E-state index contributed by atoms with van der Waals surface area (Å²) in [6.07, 6.45) is 2.06. The van der Waals surface area contributed by atoms with Gasteiger partial charge in [0.2, 0.25) is 11.0 Å². The van der Waals surface area contributed by atoms with Gasteiger partial charge in [-0.3, -0.25) is 4.79 Å². The fourth-order valence-electron chi connectivity index (χ4n) is 2.91. The molecule has 24 heavy (non-hydrogen) atoms. The number of piperidine rings is 1. The number of likely N-dealkylation sites (tertiary alicyclic amines) is 1. The van der Waals surface area contributed by atoms with Gasteiger partial charge in [-0.2, -0.15) is 0 Å². The molecule has 0 spiro atoms. The largest absolute Gasteiger partial charge is 0.341 e. The van der Waals surface area contributed by atoms with Crippen LogP contribution in [0.1, 0.15) is 29.5 Å². The molecule has 2 N–H and O–H groups in total. The van der Waals surface area contributed by atoms with Crippen LogP contribution in [0.3, 0.4) is 0 Å². The van der Waals surface area contributed by atoms with Gasteiger partial charge < -0.3 is 15.5 Å². The number of hydrogen-bond donors (Lipinski definition) is 2. The van der Waals surface area contributed by atoms with Crippen LogP contribution in [-0.4, -0.2) is 52.7 Å². The number of likely N-dealkylation sites (N-methyl/N-ethyl adjacent to an activating group) is 1. The van der Waals surface area contributed by atoms with Crippen molar-refractivity contribution in [3.05, 3.63) is 28.9 Å². The molecule has 0 bridgehead atoms. The van der Waals surface area contributed by atoms with E-state index in [9.17, 15) is 4.79 Å². The monoisotopic (exact) mass is 346 g/mol. The normalized spacial score (nSPS) is 17.8. The fraction of sp³-hybridized carbons (Fsp3) is 0.500. The van der Waals surface area contributed by atoms with E-state index in [1.54, 1.807) is 7.05 Å². The molecule has 3 rings (SSSR count). The molecule has 1 aliphatic heterocycles. The van der Waals surface area contributed by atoms with Gasteiger partial charge in [-0.25, -0.2) is 4.98 Å². The number of pyridine rings is 1. The summed E-state index contributed by atoms with van der Waals surface area (Å²) in [7, 11) is 1.80. The highest BCUT2D eigenvalue weighted by atomic mass is 32.1. The number of hydrogen-bond acceptors (Lipinski definition) is 7. The zero-order chi connectivity index (χ0) is 16.9. The summed E-state index contributed by atoms with van der Waals surface area (Å²) in [6, 6.07) is 5.95. The van der Waals surface area contributed by atoms with Gasteiger partial charge >= 0.3 is 0 Å². The summed E-state index contributed by atoms with van der Waals surface area (Å²) in [5, 5.41) is 15.9. The third-order valence-corrected chi connectivity index (χ3v) is 4.81. The van der Waals surface area contributed by atoms with E-state index in [-0.39, 0.29) is 11.8 Å². The smallest absolute Gasteiger partial charge is 0.236 e. The Morgan fingerprint density at radius 1 is 1.42 bits per heavy atom. The molecule has 2 aromatic heterocycles. The molecule has 0 aromatic carbocycles. The maximum absolute atomic E-state index is 12.1. The molecule has 0 saturated carbocycles. The summed E-state index contributed by atoms with van der Waals surface area (Å²) in [5.74, 6) is 1.20. The minimum Gasteiger partial charge on any atom is -0.341 e. The molecule has 128 valence electrons. The first-order valence-electron chi connectivity index (χ1n) is 8.12. The lowest BCUT2D eigenvalue weighted by atomic mass is 9.94. The van der Waals surface area contributed by atoms with Gasteiger partial charge in [-0.1, -0.05) is 17.4 Å². The molecule has 8 heteroatoms. The van der Waals surface area contributed by atoms with Crippen LogP contribution >= 0.6 is 11.3 Å². The second-order valence-electron chi connectivity index (χ2n) is 5.91. The Morgan fingerprint density at radius 3 is 3.04 bits per heavy atom. The van der Waals surface area contributed by atoms with Gasteiger partial charge in [0.05, 0.1) is 6.54 Å². The van der Waals surface area contributed by atoms with Gasteiger partial charge in [0, 0.05) is 24.7 Å². The molecular formula is C16H22N6OS. The Kier molecular flexibility index (Phi) is 5.37. The van der Waals surface area contributed by atoms with Crippen LogP contribution in [-0.2, 0) is 4.79 Å². The van der Waals surface area contributed by atoms with E-state index in [0.717, 1.165) is 47.6 Å². The minimum absolute atomic E-state index is 0.154. The predicted octanol–water partition coefficient (Wildman–Crippen LogP) is 1.91. The second-order valence-corrected chi connectivity index (χ2v) is 7.09. The quantitative estimate of drug-likeness (QED) is 0.860. The van der Waals surface area contributed by atoms with Crippen molar-refractivity contribution in [1.29, 1.82) is 0 Å². The van der Waals surface area contributed by atoms with E-state index in [2.05, 4.69) is 20.8 Å². The Hall–Kier alpha value is -2.06. The number of aromatic nitrogens is 3. The lowest BCUT2D eigenvalue weighted by Crippen LogP contribution is -2.43. The second kappa shape index (κ2) is 7.67. The summed E-state index contributed by atoms with van der Waals surface area (Å²) in [4.78, 5) is 18.7. The zero-order valence-electron chi connectivity index (χ0n) is 14.0. The van der Waals surface area contributed by atoms with Gasteiger partial charge in [-0.15, -0.1) is 10.2 Å². The Bertz CT molecular complexity index is 703. The van der Waals surface area contributed by atoms with Crippen LogP contribution in [0.4, 0.5) is 10.9 Å². The van der Waals surface area contributed by atoms with Crippen molar-refractivity contribution in [2.75, 3.05) is 32.0 Å². The average Bonchev–Trinajstić information content (AvgIpc) is 3.00. The van der Waals surface area contributed by atoms with E-state index in [1.165, 1.54) is 11.3 Å². The van der Waals surface area contributed by atoms with Crippen molar-refractivity contribution >= 4 is 28.2 Å². The summed E-state index contributed by atoms with van der Waals surface area (Å²) in [6.45, 7) is 3.87. The molecular weight excluding hydrogens is 324 g/mol. The molecule has 0 unspecified atom stereocenters. The number of aryl methyl sites for hydroxylation is 1. The number of nitrogens with one attached hydrogen (secondary N) is 2. The first kappa shape index (κ1) is 16.8. The molecule has 1 amide bonds. The van der Waals surface area contributed by atoms with Crippen LogP contribution in [0.25, 0.3) is 0 Å². The standard InChI is InChI=1S/C16H22N6OS/c1-11-20-21-16(24-11)19-14-7-3-6-13(18-14)12-5-4-8-22(10-12)15(23)9-17-2/h3,6-7,12,17H,4-5,8-10H2,1-2H3,(H,18,19,21)/t12-/m1/s1. The van der Waals surface area contributed by atoms with Crippen molar-refractivity contribution in [2.45, 2.75) is 25.7 Å². The number of carbonyl (C=O) groups excluding carboxylic acids is 1. The number of carbonyl (C=O) groups is 1. The van der Waals surface area contributed by atoms with Crippen molar-refractivity contribution in [3.8, 4) is 0 Å². The van der Waals surface area contributed by atoms with E-state index in [1.807, 2.05) is 30.0 Å². The highest BCUT2D eigenvalue weighted by Gasteiger charge is 2.25. The SMILES string of the molecule is CNCC(=O)N1CCC[C@@H](c2cccc(Nc3nnc(C)s3)n2)C1. The predicted molar refractivity (Wildman–Crippen MR) is 94.6 cm³/mol. The van der Waals surface area contributed by atoms with E-state index >= 15 is 0 Å². The lowest BCUT2D eigenvalue weighted by molar-refractivity contribution is -0.131. The van der Waals surface area contributed by atoms with Crippen molar-refractivity contribution in [3.63, 3.8) is 0 Å². The molecule has 1 saturated heterocycles. The first-order chi connectivity index (χ1) is 11.7. The third kappa shape index (κ3) is 4.07. The molecule has 0 aliphatic carbocycles. The van der Waals surface area contributed by atoms with Crippen molar-refractivity contribution < 1.29 is 4.79 Å². The van der Waals surface area contributed by atoms with Crippen molar-refractivity contribution in [2.24, 2.45) is 0 Å². The highest BCUT2D eigenvalue weighted by molar-refractivity contribution is 7.15. The number of rotatable bonds is 5. The van der Waals surface area contributed by atoms with E-state index in [0.29, 0.717) is 6.54 Å². The minimum atomic E-state index is 0.154. The highest BCUT2D eigenvalue weighted by Crippen LogP contribution is 2.27. The van der Waals surface area contributed by atoms with Gasteiger partial charge in [0.15, 0.2) is 0 Å². The molecule has 3 heterocycles. The fourth-order valence-corrected chi connectivity index (χ4v) is 3.51. The molecule has 1 aliphatic rings. The van der Waals surface area contributed by atoms with Gasteiger partial charge in [0.25, 0.3) is 0 Å². The Balaban J connectivity index is 1.70. The average molecular weight is 346 g/mol. The van der Waals surface area contributed by atoms with Crippen LogP contribution in [0, 0.1) is 6.92 Å². The summed E-state index contributed by atoms with van der Waals surface area (Å²) in [5.41, 5.74) is 1.02. The van der Waals surface area contributed by atoms with Gasteiger partial charge in [-0.05, 0) is 38.9 Å². The number of nitrogens with zero attached hydrogens (tertiary/aromatic N) is 4. The molecule has 2 aromatic rings. The maximum Gasteiger partial charge on any atom is 0.236 e. The Morgan fingerprint density at radius 2 is 2.29 bits per heavy atom. The Labute approximate surface area is 145 Å². The molecule has 0 radical (unpaired) electrons. The van der Waals surface area contributed by atoms with Crippen LogP contribution in [0.5, 0.6) is 0 Å². The lowest BCUT2D eigenvalue weighted by Gasteiger charge is -2.32.